The van der Waals surface area contributed by atoms with Crippen LogP contribution in [0, 0.1) is 0 Å². The Bertz CT molecular complexity index is 235. The molecule has 0 saturated carbocycles. The Morgan fingerprint density at radius 1 is 1.31 bits per heavy atom. The van der Waals surface area contributed by atoms with Crippen molar-refractivity contribution in [2.75, 3.05) is 46.7 Å². The van der Waals surface area contributed by atoms with Crippen LogP contribution in [0.25, 0.3) is 0 Å². The molecule has 0 bridgehead atoms. The lowest BCUT2D eigenvalue weighted by atomic mass is 10.4. The van der Waals surface area contributed by atoms with E-state index in [-0.39, 0.29) is 5.75 Å². The molecule has 0 aromatic rings. The van der Waals surface area contributed by atoms with Crippen LogP contribution in [0.15, 0.2) is 0 Å². The summed E-state index contributed by atoms with van der Waals surface area (Å²) in [6, 6.07) is 0. The first-order chi connectivity index (χ1) is 5.77. The first-order valence-electron chi connectivity index (χ1n) is 4.01. The lowest BCUT2D eigenvalue weighted by molar-refractivity contribution is -0.888. The van der Waals surface area contributed by atoms with Gasteiger partial charge in [0.2, 0.25) is 0 Å². The van der Waals surface area contributed by atoms with E-state index in [0.717, 1.165) is 0 Å². The fraction of sp³-hybridized carbons (Fsp3) is 1.00. The molecule has 0 fully saturated rings. The topological polar surface area (TPSA) is 66.4 Å². The van der Waals surface area contributed by atoms with Crippen LogP contribution in [0.5, 0.6) is 0 Å². The van der Waals surface area contributed by atoms with Crippen molar-refractivity contribution in [3.8, 4) is 0 Å². The quantitative estimate of drug-likeness (QED) is 0.428. The van der Waals surface area contributed by atoms with E-state index in [0.29, 0.717) is 24.2 Å². The average molecular weight is 211 g/mol. The van der Waals surface area contributed by atoms with Crippen LogP contribution in [0.3, 0.4) is 0 Å². The minimum Gasteiger partial charge on any atom is -0.748 e. The fourth-order valence-corrected chi connectivity index (χ4v) is 1.53. The van der Waals surface area contributed by atoms with E-state index >= 15 is 0 Å². The van der Waals surface area contributed by atoms with Gasteiger partial charge in [0.1, 0.15) is 16.7 Å². The molecule has 0 N–H and O–H groups in total. The Labute approximate surface area is 79.6 Å². The Morgan fingerprint density at radius 3 is 2.23 bits per heavy atom. The molecular formula is C7H17NO4S. The third kappa shape index (κ3) is 8.17. The van der Waals surface area contributed by atoms with Gasteiger partial charge in [-0.2, -0.15) is 0 Å². The molecule has 0 aliphatic rings. The number of quaternary nitrogens is 1. The third-order valence-corrected chi connectivity index (χ3v) is 2.53. The van der Waals surface area contributed by atoms with Crippen molar-refractivity contribution in [2.45, 2.75) is 0 Å². The van der Waals surface area contributed by atoms with E-state index in [1.165, 1.54) is 0 Å². The molecule has 0 aliphatic heterocycles. The predicted molar refractivity (Wildman–Crippen MR) is 48.3 cm³/mol. The highest BCUT2D eigenvalue weighted by Crippen LogP contribution is 1.97. The van der Waals surface area contributed by atoms with E-state index < -0.39 is 10.1 Å². The van der Waals surface area contributed by atoms with Crippen molar-refractivity contribution in [3.05, 3.63) is 0 Å². The maximum Gasteiger partial charge on any atom is 0.102 e. The Kier molecular flexibility index (Phi) is 4.83. The Hall–Kier alpha value is -0.170. The molecule has 13 heavy (non-hydrogen) atoms. The second kappa shape index (κ2) is 4.90. The number of rotatable bonds is 6. The molecule has 5 nitrogen and oxygen atoms in total. The second-order valence-electron chi connectivity index (χ2n) is 3.64. The number of methoxy groups -OCH3 is 1. The van der Waals surface area contributed by atoms with Gasteiger partial charge in [0.25, 0.3) is 0 Å². The van der Waals surface area contributed by atoms with E-state index in [1.807, 2.05) is 14.1 Å². The van der Waals surface area contributed by atoms with Gasteiger partial charge in [-0.15, -0.1) is 0 Å². The zero-order chi connectivity index (χ0) is 10.5. The smallest absolute Gasteiger partial charge is 0.102 e. The van der Waals surface area contributed by atoms with Gasteiger partial charge in [0.05, 0.1) is 33.0 Å². The largest absolute Gasteiger partial charge is 0.748 e. The Balaban J connectivity index is 3.89. The van der Waals surface area contributed by atoms with Gasteiger partial charge in [-0.1, -0.05) is 0 Å². The van der Waals surface area contributed by atoms with Crippen molar-refractivity contribution in [1.29, 1.82) is 0 Å². The summed E-state index contributed by atoms with van der Waals surface area (Å²) < 4.78 is 36.4. The molecule has 0 rings (SSSR count). The number of likely N-dealkylation sites (N-methyl/N-ethyl adjacent to an activating group) is 1. The molecule has 0 heterocycles. The van der Waals surface area contributed by atoms with Gasteiger partial charge in [-0.25, -0.2) is 8.42 Å². The maximum atomic E-state index is 10.4. The molecule has 6 heteroatoms. The summed E-state index contributed by atoms with van der Waals surface area (Å²) in [5.74, 6) is -0.316. The summed E-state index contributed by atoms with van der Waals surface area (Å²) in [4.78, 5) is 0. The van der Waals surface area contributed by atoms with Crippen LogP contribution in [0.4, 0.5) is 0 Å². The molecule has 0 aromatic carbocycles. The van der Waals surface area contributed by atoms with Gasteiger partial charge in [0.15, 0.2) is 0 Å². The Morgan fingerprint density at radius 2 is 1.85 bits per heavy atom. The minimum atomic E-state index is -4.09. The van der Waals surface area contributed by atoms with E-state index in [4.69, 9.17) is 4.74 Å². The molecular weight excluding hydrogens is 194 g/mol. The van der Waals surface area contributed by atoms with Gasteiger partial charge in [0, 0.05) is 7.11 Å². The molecule has 0 aromatic heterocycles. The van der Waals surface area contributed by atoms with E-state index in [1.54, 1.807) is 7.11 Å². The molecule has 0 atom stereocenters. The molecule has 0 amide bonds. The SMILES string of the molecule is COCC[N+](C)(C)CCS(=O)(=O)[O-]. The highest BCUT2D eigenvalue weighted by Gasteiger charge is 2.15. The maximum absolute atomic E-state index is 10.4. The van der Waals surface area contributed by atoms with E-state index in [9.17, 15) is 13.0 Å². The van der Waals surface area contributed by atoms with Crippen LogP contribution >= 0.6 is 0 Å². The first-order valence-corrected chi connectivity index (χ1v) is 5.59. The molecule has 0 spiro atoms. The third-order valence-electron chi connectivity index (χ3n) is 1.85. The molecule has 0 aliphatic carbocycles. The standard InChI is InChI=1S/C7H17NO4S/c1-8(2,4-6-12-3)5-7-13(9,10)11/h4-7H2,1-3H3. The van der Waals surface area contributed by atoms with Crippen LogP contribution < -0.4 is 0 Å². The van der Waals surface area contributed by atoms with Crippen molar-refractivity contribution in [2.24, 2.45) is 0 Å². The number of hydrogen-bond acceptors (Lipinski definition) is 4. The summed E-state index contributed by atoms with van der Waals surface area (Å²) in [7, 11) is 1.23. The normalized spacial score (nSPS) is 13.2. The summed E-state index contributed by atoms with van der Waals surface area (Å²) in [5.41, 5.74) is 0. The molecule has 0 unspecified atom stereocenters. The monoisotopic (exact) mass is 211 g/mol. The van der Waals surface area contributed by atoms with Crippen molar-refractivity contribution >= 4 is 10.1 Å². The molecule has 0 radical (unpaired) electrons. The lowest BCUT2D eigenvalue weighted by Crippen LogP contribution is -2.45. The van der Waals surface area contributed by atoms with Crippen molar-refractivity contribution in [3.63, 3.8) is 0 Å². The lowest BCUT2D eigenvalue weighted by Gasteiger charge is -2.29. The van der Waals surface area contributed by atoms with Crippen LogP contribution in [-0.2, 0) is 14.9 Å². The van der Waals surface area contributed by atoms with Gasteiger partial charge in [-0.05, 0) is 0 Å². The van der Waals surface area contributed by atoms with Crippen molar-refractivity contribution in [1.82, 2.24) is 0 Å². The summed E-state index contributed by atoms with van der Waals surface area (Å²) in [6.45, 7) is 1.59. The summed E-state index contributed by atoms with van der Waals surface area (Å²) >= 11 is 0. The van der Waals surface area contributed by atoms with Gasteiger partial charge in [-0.3, -0.25) is 0 Å². The predicted octanol–water partition coefficient (Wildman–Crippen LogP) is -0.746. The van der Waals surface area contributed by atoms with Crippen LogP contribution in [-0.4, -0.2) is 64.1 Å². The van der Waals surface area contributed by atoms with Gasteiger partial charge >= 0.3 is 0 Å². The number of nitrogens with zero attached hydrogens (tertiary/aromatic N) is 1. The van der Waals surface area contributed by atoms with Crippen LogP contribution in [0.2, 0.25) is 0 Å². The van der Waals surface area contributed by atoms with Gasteiger partial charge < -0.3 is 13.8 Å². The highest BCUT2D eigenvalue weighted by molar-refractivity contribution is 7.85. The zero-order valence-corrected chi connectivity index (χ0v) is 9.13. The van der Waals surface area contributed by atoms with E-state index in [2.05, 4.69) is 0 Å². The minimum absolute atomic E-state index is 0.316. The van der Waals surface area contributed by atoms with Crippen LogP contribution in [0.1, 0.15) is 0 Å². The molecule has 0 saturated heterocycles. The molecule has 80 valence electrons. The fourth-order valence-electron chi connectivity index (χ4n) is 0.809. The summed E-state index contributed by atoms with van der Waals surface area (Å²) in [6.07, 6.45) is 0. The van der Waals surface area contributed by atoms with Crippen molar-refractivity contribution < 1.29 is 22.2 Å². The number of ether oxygens (including phenoxy) is 1. The average Bonchev–Trinajstić information content (AvgIpc) is 1.97. The first kappa shape index (κ1) is 12.8. The summed E-state index contributed by atoms with van der Waals surface area (Å²) in [5, 5.41) is 0. The number of hydrogen-bond donors (Lipinski definition) is 0. The second-order valence-corrected chi connectivity index (χ2v) is 5.16. The zero-order valence-electron chi connectivity index (χ0n) is 8.32. The highest BCUT2D eigenvalue weighted by atomic mass is 32.2.